The van der Waals surface area contributed by atoms with Crippen molar-refractivity contribution in [3.8, 4) is 0 Å². The van der Waals surface area contributed by atoms with Crippen molar-refractivity contribution in [2.24, 2.45) is 11.7 Å². The first kappa shape index (κ1) is 13.8. The maximum Gasteiger partial charge on any atom is 0.0329 e. The molecule has 1 nitrogen and oxygen atoms in total. The summed E-state index contributed by atoms with van der Waals surface area (Å²) in [5.41, 5.74) is 11.7. The van der Waals surface area contributed by atoms with E-state index in [4.69, 9.17) is 5.73 Å². The van der Waals surface area contributed by atoms with E-state index >= 15 is 0 Å². The van der Waals surface area contributed by atoms with Gasteiger partial charge in [-0.1, -0.05) is 58.4 Å². The minimum atomic E-state index is 0.144. The highest BCUT2D eigenvalue weighted by atomic mass is 79.9. The van der Waals surface area contributed by atoms with Crippen molar-refractivity contribution in [2.75, 3.05) is 0 Å². The summed E-state index contributed by atoms with van der Waals surface area (Å²) in [6, 6.07) is 15.3. The third-order valence-electron chi connectivity index (χ3n) is 4.37. The molecule has 0 heterocycles. The summed E-state index contributed by atoms with van der Waals surface area (Å²) in [6.07, 6.45) is 1.21. The molecule has 1 saturated carbocycles. The number of nitrogens with two attached hydrogens (primary N) is 1. The highest BCUT2D eigenvalue weighted by Gasteiger charge is 2.42. The van der Waals surface area contributed by atoms with E-state index in [0.717, 1.165) is 0 Å². The summed E-state index contributed by atoms with van der Waals surface area (Å²) in [5, 5.41) is 0. The maximum atomic E-state index is 6.50. The largest absolute Gasteiger partial charge is 0.324 e. The fraction of sp³-hybridized carbons (Fsp3) is 0.333. The van der Waals surface area contributed by atoms with E-state index in [0.29, 0.717) is 11.8 Å². The molecule has 104 valence electrons. The molecule has 2 aromatic carbocycles. The van der Waals surface area contributed by atoms with Crippen LogP contribution in [0.5, 0.6) is 0 Å². The lowest BCUT2D eigenvalue weighted by Crippen LogP contribution is -2.14. The van der Waals surface area contributed by atoms with Crippen LogP contribution >= 0.6 is 15.9 Å². The predicted octanol–water partition coefficient (Wildman–Crippen LogP) is 4.87. The second kappa shape index (κ2) is 5.34. The molecule has 3 atom stereocenters. The van der Waals surface area contributed by atoms with Gasteiger partial charge in [0.05, 0.1) is 0 Å². The zero-order chi connectivity index (χ0) is 14.3. The lowest BCUT2D eigenvalue weighted by molar-refractivity contribution is 0.614. The molecule has 0 aromatic heterocycles. The molecule has 2 aromatic rings. The maximum absolute atomic E-state index is 6.50. The second-order valence-electron chi connectivity index (χ2n) is 5.91. The molecule has 0 saturated heterocycles. The van der Waals surface area contributed by atoms with Gasteiger partial charge < -0.3 is 5.73 Å². The molecule has 0 radical (unpaired) electrons. The standard InChI is InChI=1S/C18H20BrN/c1-11-8-14(9-12(2)17(11)19)18(20)16-10-15(16)13-6-4-3-5-7-13/h3-9,15-16,18H,10,20H2,1-2H3. The second-order valence-corrected chi connectivity index (χ2v) is 6.70. The van der Waals surface area contributed by atoms with Gasteiger partial charge in [-0.3, -0.25) is 0 Å². The number of hydrogen-bond acceptors (Lipinski definition) is 1. The van der Waals surface area contributed by atoms with Gasteiger partial charge >= 0.3 is 0 Å². The SMILES string of the molecule is Cc1cc(C(N)C2CC2c2ccccc2)cc(C)c1Br. The highest BCUT2D eigenvalue weighted by molar-refractivity contribution is 9.10. The van der Waals surface area contributed by atoms with Crippen LogP contribution in [0.4, 0.5) is 0 Å². The van der Waals surface area contributed by atoms with Crippen molar-refractivity contribution < 1.29 is 0 Å². The van der Waals surface area contributed by atoms with Gasteiger partial charge in [0.2, 0.25) is 0 Å². The van der Waals surface area contributed by atoms with E-state index in [9.17, 15) is 0 Å². The van der Waals surface area contributed by atoms with Crippen molar-refractivity contribution in [3.05, 3.63) is 69.2 Å². The molecule has 1 aliphatic carbocycles. The Labute approximate surface area is 129 Å². The number of rotatable bonds is 3. The van der Waals surface area contributed by atoms with Crippen LogP contribution in [0.3, 0.4) is 0 Å². The molecular formula is C18H20BrN. The van der Waals surface area contributed by atoms with Gasteiger partial charge in [0, 0.05) is 10.5 Å². The third kappa shape index (κ3) is 2.55. The van der Waals surface area contributed by atoms with Gasteiger partial charge in [0.25, 0.3) is 0 Å². The smallest absolute Gasteiger partial charge is 0.0329 e. The van der Waals surface area contributed by atoms with Crippen molar-refractivity contribution in [1.29, 1.82) is 0 Å². The molecule has 2 N–H and O–H groups in total. The monoisotopic (exact) mass is 329 g/mol. The van der Waals surface area contributed by atoms with Crippen LogP contribution in [0.25, 0.3) is 0 Å². The lowest BCUT2D eigenvalue weighted by Gasteiger charge is -2.15. The summed E-state index contributed by atoms with van der Waals surface area (Å²) in [5.74, 6) is 1.22. The van der Waals surface area contributed by atoms with Crippen molar-refractivity contribution >= 4 is 15.9 Å². The first-order valence-corrected chi connectivity index (χ1v) is 7.94. The molecule has 0 spiro atoms. The summed E-state index contributed by atoms with van der Waals surface area (Å²) in [6.45, 7) is 4.27. The Balaban J connectivity index is 1.80. The normalized spacial score (nSPS) is 22.6. The fourth-order valence-electron chi connectivity index (χ4n) is 3.11. The van der Waals surface area contributed by atoms with Crippen LogP contribution in [0.2, 0.25) is 0 Å². The topological polar surface area (TPSA) is 26.0 Å². The number of aryl methyl sites for hydroxylation is 2. The summed E-state index contributed by atoms with van der Waals surface area (Å²) < 4.78 is 1.20. The Morgan fingerprint density at radius 3 is 2.30 bits per heavy atom. The summed E-state index contributed by atoms with van der Waals surface area (Å²) >= 11 is 3.62. The van der Waals surface area contributed by atoms with E-state index in [-0.39, 0.29) is 6.04 Å². The highest BCUT2D eigenvalue weighted by Crippen LogP contribution is 2.53. The van der Waals surface area contributed by atoms with Gasteiger partial charge in [0.15, 0.2) is 0 Å². The number of benzene rings is 2. The van der Waals surface area contributed by atoms with Gasteiger partial charge in [-0.15, -0.1) is 0 Å². The summed E-state index contributed by atoms with van der Waals surface area (Å²) in [4.78, 5) is 0. The molecule has 2 heteroatoms. The minimum absolute atomic E-state index is 0.144. The molecular weight excluding hydrogens is 310 g/mol. The van der Waals surface area contributed by atoms with Crippen LogP contribution in [0, 0.1) is 19.8 Å². The predicted molar refractivity (Wildman–Crippen MR) is 87.8 cm³/mol. The van der Waals surface area contributed by atoms with Gasteiger partial charge in [-0.25, -0.2) is 0 Å². The molecule has 3 unspecified atom stereocenters. The van der Waals surface area contributed by atoms with Gasteiger partial charge in [-0.05, 0) is 54.4 Å². The van der Waals surface area contributed by atoms with E-state index in [2.05, 4.69) is 72.2 Å². The number of halogens is 1. The number of hydrogen-bond donors (Lipinski definition) is 1. The van der Waals surface area contributed by atoms with E-state index in [1.807, 2.05) is 0 Å². The van der Waals surface area contributed by atoms with E-state index < -0.39 is 0 Å². The molecule has 1 fully saturated rings. The van der Waals surface area contributed by atoms with Crippen LogP contribution in [-0.4, -0.2) is 0 Å². The quantitative estimate of drug-likeness (QED) is 0.854. The first-order valence-electron chi connectivity index (χ1n) is 7.15. The van der Waals surface area contributed by atoms with Crippen LogP contribution in [-0.2, 0) is 0 Å². The van der Waals surface area contributed by atoms with Gasteiger partial charge in [0.1, 0.15) is 0 Å². The van der Waals surface area contributed by atoms with Crippen LogP contribution in [0.15, 0.2) is 46.9 Å². The first-order chi connectivity index (χ1) is 9.58. The zero-order valence-electron chi connectivity index (χ0n) is 11.9. The Hall–Kier alpha value is -1.12. The Morgan fingerprint density at radius 1 is 1.10 bits per heavy atom. The molecule has 0 amide bonds. The average Bonchev–Trinajstić information content (AvgIpc) is 3.25. The molecule has 0 bridgehead atoms. The fourth-order valence-corrected chi connectivity index (χ4v) is 3.34. The Morgan fingerprint density at radius 2 is 1.70 bits per heavy atom. The van der Waals surface area contributed by atoms with Crippen LogP contribution < -0.4 is 5.73 Å². The third-order valence-corrected chi connectivity index (χ3v) is 5.62. The van der Waals surface area contributed by atoms with Crippen LogP contribution in [0.1, 0.15) is 40.6 Å². The van der Waals surface area contributed by atoms with Crippen molar-refractivity contribution in [2.45, 2.75) is 32.2 Å². The van der Waals surface area contributed by atoms with E-state index in [1.54, 1.807) is 0 Å². The lowest BCUT2D eigenvalue weighted by atomic mass is 9.96. The zero-order valence-corrected chi connectivity index (χ0v) is 13.5. The molecule has 0 aliphatic heterocycles. The Bertz CT molecular complexity index is 598. The van der Waals surface area contributed by atoms with Crippen molar-refractivity contribution in [1.82, 2.24) is 0 Å². The molecule has 1 aliphatic rings. The van der Waals surface area contributed by atoms with Gasteiger partial charge in [-0.2, -0.15) is 0 Å². The Kier molecular flexibility index (Phi) is 3.70. The van der Waals surface area contributed by atoms with E-state index in [1.165, 1.54) is 33.1 Å². The molecule has 3 rings (SSSR count). The molecule has 20 heavy (non-hydrogen) atoms. The average molecular weight is 330 g/mol. The van der Waals surface area contributed by atoms with Crippen molar-refractivity contribution in [3.63, 3.8) is 0 Å². The minimum Gasteiger partial charge on any atom is -0.324 e. The summed E-state index contributed by atoms with van der Waals surface area (Å²) in [7, 11) is 0.